The number of aromatic nitrogens is 1. The number of nitrogens with one attached hydrogen (secondary N) is 2. The van der Waals surface area contributed by atoms with Gasteiger partial charge in [-0.3, -0.25) is 4.72 Å². The van der Waals surface area contributed by atoms with Crippen LogP contribution in [0, 0.1) is 0 Å². The van der Waals surface area contributed by atoms with E-state index in [4.69, 9.17) is 9.47 Å². The van der Waals surface area contributed by atoms with Crippen LogP contribution in [0.1, 0.15) is 11.3 Å². The Morgan fingerprint density at radius 2 is 1.73 bits per heavy atom. The lowest BCUT2D eigenvalue weighted by Crippen LogP contribution is -2.20. The number of hydrogen-bond acceptors (Lipinski definition) is 6. The largest absolute Gasteiger partial charge is 0.416 e. The molecule has 0 unspecified atom stereocenters. The second-order valence-corrected chi connectivity index (χ2v) is 8.77. The predicted octanol–water partition coefficient (Wildman–Crippen LogP) is 3.81. The smallest absolute Gasteiger partial charge is 0.382 e. The van der Waals surface area contributed by atoms with E-state index in [1.165, 1.54) is 0 Å². The maximum atomic E-state index is 12.8. The molecule has 0 atom stereocenters. The van der Waals surface area contributed by atoms with Gasteiger partial charge >= 0.3 is 6.18 Å². The van der Waals surface area contributed by atoms with Crippen molar-refractivity contribution in [1.82, 2.24) is 10.3 Å². The number of nitrogens with zero attached hydrogens (tertiary/aromatic N) is 1. The van der Waals surface area contributed by atoms with Gasteiger partial charge in [-0.15, -0.1) is 0 Å². The van der Waals surface area contributed by atoms with Gasteiger partial charge in [-0.1, -0.05) is 18.2 Å². The quantitative estimate of drug-likeness (QED) is 0.403. The van der Waals surface area contributed by atoms with Crippen molar-refractivity contribution in [3.05, 3.63) is 65.9 Å². The van der Waals surface area contributed by atoms with Crippen molar-refractivity contribution in [1.29, 1.82) is 0 Å². The zero-order valence-electron chi connectivity index (χ0n) is 17.9. The molecule has 2 aromatic carbocycles. The molecular weight excluding hydrogens is 459 g/mol. The fraction of sp³-hybridized carbons (Fsp3) is 0.318. The molecule has 7 nitrogen and oxygen atoms in total. The highest BCUT2D eigenvalue weighted by molar-refractivity contribution is 7.92. The van der Waals surface area contributed by atoms with Gasteiger partial charge in [-0.25, -0.2) is 13.4 Å². The van der Waals surface area contributed by atoms with E-state index in [0.29, 0.717) is 49.5 Å². The zero-order chi connectivity index (χ0) is 23.9. The van der Waals surface area contributed by atoms with Crippen molar-refractivity contribution in [2.24, 2.45) is 0 Å². The van der Waals surface area contributed by atoms with Crippen LogP contribution < -0.4 is 10.0 Å². The molecule has 0 aliphatic rings. The summed E-state index contributed by atoms with van der Waals surface area (Å²) in [6.07, 6.45) is -4.55. The summed E-state index contributed by atoms with van der Waals surface area (Å²) in [5.74, 6) is 0. The Kier molecular flexibility index (Phi) is 8.25. The first-order valence-electron chi connectivity index (χ1n) is 10.1. The third-order valence-electron chi connectivity index (χ3n) is 4.68. The number of rotatable bonds is 11. The van der Waals surface area contributed by atoms with E-state index in [2.05, 4.69) is 15.0 Å². The van der Waals surface area contributed by atoms with Crippen LogP contribution in [0.25, 0.3) is 10.9 Å². The fourth-order valence-electron chi connectivity index (χ4n) is 3.00. The summed E-state index contributed by atoms with van der Waals surface area (Å²) < 4.78 is 76.5. The van der Waals surface area contributed by atoms with Crippen molar-refractivity contribution in [3.8, 4) is 0 Å². The second kappa shape index (κ2) is 10.9. The maximum absolute atomic E-state index is 12.8. The molecule has 1 aromatic heterocycles. The summed E-state index contributed by atoms with van der Waals surface area (Å²) in [4.78, 5) is 4.27. The van der Waals surface area contributed by atoms with Crippen molar-refractivity contribution in [3.63, 3.8) is 0 Å². The number of ether oxygens (including phenoxy) is 2. The summed E-state index contributed by atoms with van der Waals surface area (Å²) >= 11 is 0. The van der Waals surface area contributed by atoms with Crippen LogP contribution in [0.5, 0.6) is 0 Å². The number of pyridine rings is 1. The fourth-order valence-corrected chi connectivity index (χ4v) is 4.07. The average Bonchev–Trinajstić information content (AvgIpc) is 2.78. The molecule has 0 amide bonds. The van der Waals surface area contributed by atoms with E-state index >= 15 is 0 Å². The topological polar surface area (TPSA) is 89.5 Å². The molecule has 2 N–H and O–H groups in total. The van der Waals surface area contributed by atoms with Gasteiger partial charge < -0.3 is 14.8 Å². The van der Waals surface area contributed by atoms with Crippen LogP contribution >= 0.6 is 0 Å². The molecule has 0 radical (unpaired) electrons. The highest BCUT2D eigenvalue weighted by Crippen LogP contribution is 2.30. The van der Waals surface area contributed by atoms with Gasteiger partial charge in [0.25, 0.3) is 10.0 Å². The molecule has 33 heavy (non-hydrogen) atoms. The Balaban J connectivity index is 1.72. The highest BCUT2D eigenvalue weighted by atomic mass is 32.2. The van der Waals surface area contributed by atoms with Gasteiger partial charge in [-0.2, -0.15) is 13.2 Å². The summed E-state index contributed by atoms with van der Waals surface area (Å²) in [6, 6.07) is 12.0. The number of benzene rings is 2. The molecule has 0 fully saturated rings. The molecule has 0 saturated carbocycles. The number of halogens is 3. The van der Waals surface area contributed by atoms with E-state index in [0.717, 1.165) is 24.3 Å². The first-order valence-corrected chi connectivity index (χ1v) is 11.5. The lowest BCUT2D eigenvalue weighted by atomic mass is 10.2. The second-order valence-electron chi connectivity index (χ2n) is 7.09. The standard InChI is InChI=1S/C22H24F3N3O4S/c1-31-13-14-32-12-11-26-15-18-8-5-16-3-2-4-20(21(16)27-18)28-33(29,30)19-9-6-17(7-10-19)22(23,24)25/h2-10,26,28H,11-15H2,1H3. The molecule has 3 aromatic rings. The molecule has 0 aliphatic carbocycles. The summed E-state index contributed by atoms with van der Waals surface area (Å²) in [7, 11) is -2.51. The summed E-state index contributed by atoms with van der Waals surface area (Å²) in [5, 5.41) is 3.91. The van der Waals surface area contributed by atoms with E-state index in [9.17, 15) is 21.6 Å². The summed E-state index contributed by atoms with van der Waals surface area (Å²) in [5.41, 5.74) is 0.441. The predicted molar refractivity (Wildman–Crippen MR) is 118 cm³/mol. The first kappa shape index (κ1) is 24.9. The van der Waals surface area contributed by atoms with E-state index < -0.39 is 21.8 Å². The van der Waals surface area contributed by atoms with Crippen LogP contribution in [0.4, 0.5) is 18.9 Å². The maximum Gasteiger partial charge on any atom is 0.416 e. The van der Waals surface area contributed by atoms with Gasteiger partial charge in [0, 0.05) is 25.6 Å². The van der Waals surface area contributed by atoms with E-state index in [1.54, 1.807) is 25.3 Å². The van der Waals surface area contributed by atoms with Crippen LogP contribution in [0.15, 0.2) is 59.5 Å². The van der Waals surface area contributed by atoms with Gasteiger partial charge in [-0.05, 0) is 36.4 Å². The Morgan fingerprint density at radius 3 is 2.42 bits per heavy atom. The third kappa shape index (κ3) is 6.87. The Labute approximate surface area is 190 Å². The SMILES string of the molecule is COCCOCCNCc1ccc2cccc(NS(=O)(=O)c3ccc(C(F)(F)F)cc3)c2n1. The van der Waals surface area contributed by atoms with Gasteiger partial charge in [0.1, 0.15) is 0 Å². The number of para-hydroxylation sites is 1. The molecule has 178 valence electrons. The van der Waals surface area contributed by atoms with Crippen molar-refractivity contribution in [2.45, 2.75) is 17.6 Å². The third-order valence-corrected chi connectivity index (χ3v) is 6.06. The van der Waals surface area contributed by atoms with Crippen LogP contribution in [0.2, 0.25) is 0 Å². The van der Waals surface area contributed by atoms with E-state index in [-0.39, 0.29) is 10.6 Å². The average molecular weight is 484 g/mol. The normalized spacial score (nSPS) is 12.2. The van der Waals surface area contributed by atoms with Crippen LogP contribution in [0.3, 0.4) is 0 Å². The minimum absolute atomic E-state index is 0.233. The molecule has 1 heterocycles. The number of alkyl halides is 3. The Morgan fingerprint density at radius 1 is 0.970 bits per heavy atom. The number of fused-ring (bicyclic) bond motifs is 1. The summed E-state index contributed by atoms with van der Waals surface area (Å²) in [6.45, 7) is 2.59. The molecular formula is C22H24F3N3O4S. The number of hydrogen-bond donors (Lipinski definition) is 2. The molecule has 3 rings (SSSR count). The number of anilines is 1. The monoisotopic (exact) mass is 483 g/mol. The molecule has 0 bridgehead atoms. The minimum Gasteiger partial charge on any atom is -0.382 e. The van der Waals surface area contributed by atoms with Gasteiger partial charge in [0.05, 0.1) is 47.2 Å². The van der Waals surface area contributed by atoms with Gasteiger partial charge in [0.2, 0.25) is 0 Å². The Bertz CT molecular complexity index is 1170. The minimum atomic E-state index is -4.55. The van der Waals surface area contributed by atoms with E-state index in [1.807, 2.05) is 12.1 Å². The lowest BCUT2D eigenvalue weighted by molar-refractivity contribution is -0.137. The highest BCUT2D eigenvalue weighted by Gasteiger charge is 2.30. The molecule has 0 aliphatic heterocycles. The molecule has 0 saturated heterocycles. The van der Waals surface area contributed by atoms with Crippen LogP contribution in [-0.4, -0.2) is 46.9 Å². The number of sulfonamides is 1. The lowest BCUT2D eigenvalue weighted by Gasteiger charge is -2.12. The zero-order valence-corrected chi connectivity index (χ0v) is 18.7. The first-order chi connectivity index (χ1) is 15.7. The molecule has 0 spiro atoms. The van der Waals surface area contributed by atoms with Crippen molar-refractivity contribution in [2.75, 3.05) is 38.2 Å². The van der Waals surface area contributed by atoms with Gasteiger partial charge in [0.15, 0.2) is 0 Å². The molecule has 11 heteroatoms. The van der Waals surface area contributed by atoms with Crippen LogP contribution in [-0.2, 0) is 32.2 Å². The van der Waals surface area contributed by atoms with Crippen molar-refractivity contribution < 1.29 is 31.1 Å². The van der Waals surface area contributed by atoms with Crippen molar-refractivity contribution >= 4 is 26.6 Å². The Hall–Kier alpha value is -2.73. The number of methoxy groups -OCH3 is 1.